The van der Waals surface area contributed by atoms with Crippen molar-refractivity contribution in [2.45, 2.75) is 37.3 Å². The Hall–Kier alpha value is -2.73. The van der Waals surface area contributed by atoms with Gasteiger partial charge in [0.15, 0.2) is 0 Å². The molecule has 0 aliphatic carbocycles. The van der Waals surface area contributed by atoms with Crippen molar-refractivity contribution in [1.29, 1.82) is 0 Å². The molecule has 2 heterocycles. The summed E-state index contributed by atoms with van der Waals surface area (Å²) in [5.74, 6) is 0.938. The van der Waals surface area contributed by atoms with E-state index in [2.05, 4.69) is 53.1 Å². The van der Waals surface area contributed by atoms with Crippen molar-refractivity contribution in [2.75, 3.05) is 12.8 Å². The van der Waals surface area contributed by atoms with Gasteiger partial charge in [-0.3, -0.25) is 9.48 Å². The molecule has 0 saturated heterocycles. The molecule has 0 bridgehead atoms. The summed E-state index contributed by atoms with van der Waals surface area (Å²) in [6, 6.07) is 16.9. The minimum Gasteiger partial charge on any atom is -0.488 e. The van der Waals surface area contributed by atoms with Crippen molar-refractivity contribution < 1.29 is 9.53 Å². The van der Waals surface area contributed by atoms with Gasteiger partial charge in [0.1, 0.15) is 11.9 Å². The zero-order valence-electron chi connectivity index (χ0n) is 16.7. The molecule has 1 aliphatic rings. The number of aryl methyl sites for hydroxylation is 2. The quantitative estimate of drug-likeness (QED) is 0.600. The Bertz CT molecular complexity index is 998. The molecular formula is C23H25N3O2S. The van der Waals surface area contributed by atoms with Crippen LogP contribution >= 0.6 is 11.8 Å². The largest absolute Gasteiger partial charge is 0.488 e. The molecular weight excluding hydrogens is 382 g/mol. The molecule has 1 unspecified atom stereocenters. The molecule has 150 valence electrons. The molecule has 4 rings (SSSR count). The van der Waals surface area contributed by atoms with Gasteiger partial charge in [0.2, 0.25) is 5.91 Å². The molecule has 0 saturated carbocycles. The second-order valence-electron chi connectivity index (χ2n) is 7.27. The zero-order valence-corrected chi connectivity index (χ0v) is 17.5. The standard InChI is InChI=1S/C23H25N3O2S/c1-16-9-11-26(25-16)12-10-23(27)24-15-20-14-19-13-18(5-8-22(19)28-20)17-3-6-21(29-2)7-4-17/h3-9,11,13,20H,10,12,14-15H2,1-2H3,(H,24,27). The van der Waals surface area contributed by atoms with Crippen molar-refractivity contribution in [2.24, 2.45) is 0 Å². The molecule has 2 aromatic carbocycles. The maximum Gasteiger partial charge on any atom is 0.221 e. The van der Waals surface area contributed by atoms with E-state index in [1.54, 1.807) is 16.4 Å². The Labute approximate surface area is 175 Å². The fourth-order valence-corrected chi connectivity index (χ4v) is 3.93. The van der Waals surface area contributed by atoms with Gasteiger partial charge in [-0.15, -0.1) is 11.8 Å². The van der Waals surface area contributed by atoms with Crippen LogP contribution in [0.5, 0.6) is 5.75 Å². The van der Waals surface area contributed by atoms with Crippen LogP contribution in [0.25, 0.3) is 11.1 Å². The second-order valence-corrected chi connectivity index (χ2v) is 8.15. The Morgan fingerprint density at radius 2 is 2.00 bits per heavy atom. The van der Waals surface area contributed by atoms with Crippen LogP contribution in [0.3, 0.4) is 0 Å². The maximum atomic E-state index is 12.1. The van der Waals surface area contributed by atoms with E-state index >= 15 is 0 Å². The average molecular weight is 408 g/mol. The van der Waals surface area contributed by atoms with Crippen LogP contribution in [-0.4, -0.2) is 34.6 Å². The molecule has 29 heavy (non-hydrogen) atoms. The summed E-state index contributed by atoms with van der Waals surface area (Å²) >= 11 is 1.74. The summed E-state index contributed by atoms with van der Waals surface area (Å²) in [6.45, 7) is 3.05. The van der Waals surface area contributed by atoms with Crippen LogP contribution in [0.1, 0.15) is 17.7 Å². The van der Waals surface area contributed by atoms with E-state index in [9.17, 15) is 4.79 Å². The number of rotatable bonds is 7. The third kappa shape index (κ3) is 4.82. The first-order valence-electron chi connectivity index (χ1n) is 9.81. The van der Waals surface area contributed by atoms with Gasteiger partial charge < -0.3 is 10.1 Å². The molecule has 1 N–H and O–H groups in total. The summed E-state index contributed by atoms with van der Waals surface area (Å²) in [4.78, 5) is 13.4. The van der Waals surface area contributed by atoms with Gasteiger partial charge in [0.05, 0.1) is 12.2 Å². The fourth-order valence-electron chi connectivity index (χ4n) is 3.52. The molecule has 1 amide bonds. The average Bonchev–Trinajstić information content (AvgIpc) is 3.35. The maximum absolute atomic E-state index is 12.1. The van der Waals surface area contributed by atoms with Gasteiger partial charge in [-0.2, -0.15) is 5.10 Å². The Morgan fingerprint density at radius 3 is 2.72 bits per heavy atom. The Morgan fingerprint density at radius 1 is 1.21 bits per heavy atom. The van der Waals surface area contributed by atoms with E-state index < -0.39 is 0 Å². The number of amides is 1. The zero-order chi connectivity index (χ0) is 20.2. The van der Waals surface area contributed by atoms with Crippen molar-refractivity contribution in [3.05, 3.63) is 66.0 Å². The Kier molecular flexibility index (Phi) is 5.90. The summed E-state index contributed by atoms with van der Waals surface area (Å²) in [6.07, 6.45) is 5.18. The van der Waals surface area contributed by atoms with E-state index in [0.717, 1.165) is 17.9 Å². The number of nitrogens with zero attached hydrogens (tertiary/aromatic N) is 2. The van der Waals surface area contributed by atoms with E-state index in [1.807, 2.05) is 25.3 Å². The number of benzene rings is 2. The molecule has 1 aliphatic heterocycles. The van der Waals surface area contributed by atoms with Gasteiger partial charge >= 0.3 is 0 Å². The SMILES string of the molecule is CSc1ccc(-c2ccc3c(c2)CC(CNC(=O)CCn2ccc(C)n2)O3)cc1. The van der Waals surface area contributed by atoms with Gasteiger partial charge in [-0.05, 0) is 60.2 Å². The highest BCUT2D eigenvalue weighted by atomic mass is 32.2. The molecule has 1 aromatic heterocycles. The first-order valence-corrected chi connectivity index (χ1v) is 11.0. The van der Waals surface area contributed by atoms with E-state index in [1.165, 1.54) is 21.6 Å². The number of thioether (sulfide) groups is 1. The number of ether oxygens (including phenoxy) is 1. The highest BCUT2D eigenvalue weighted by Gasteiger charge is 2.23. The summed E-state index contributed by atoms with van der Waals surface area (Å²) < 4.78 is 7.81. The summed E-state index contributed by atoms with van der Waals surface area (Å²) in [5, 5.41) is 7.29. The predicted octanol–water partition coefficient (Wildman–Crippen LogP) is 4.09. The predicted molar refractivity (Wildman–Crippen MR) is 116 cm³/mol. The number of nitrogens with one attached hydrogen (secondary N) is 1. The number of carbonyl (C=O) groups excluding carboxylic acids is 1. The highest BCUT2D eigenvalue weighted by molar-refractivity contribution is 7.98. The van der Waals surface area contributed by atoms with Crippen LogP contribution in [0, 0.1) is 6.92 Å². The molecule has 0 fully saturated rings. The van der Waals surface area contributed by atoms with Crippen molar-refractivity contribution >= 4 is 17.7 Å². The number of fused-ring (bicyclic) bond motifs is 1. The lowest BCUT2D eigenvalue weighted by Gasteiger charge is -2.12. The second kappa shape index (κ2) is 8.74. The van der Waals surface area contributed by atoms with Crippen LogP contribution in [0.2, 0.25) is 0 Å². The normalized spacial score (nSPS) is 15.0. The van der Waals surface area contributed by atoms with E-state index in [0.29, 0.717) is 19.5 Å². The lowest BCUT2D eigenvalue weighted by molar-refractivity contribution is -0.121. The van der Waals surface area contributed by atoms with Gasteiger partial charge in [0, 0.05) is 30.5 Å². The Balaban J connectivity index is 1.30. The fraction of sp³-hybridized carbons (Fsp3) is 0.304. The molecule has 6 heteroatoms. The first-order chi connectivity index (χ1) is 14.1. The van der Waals surface area contributed by atoms with Crippen LogP contribution in [0.15, 0.2) is 59.6 Å². The van der Waals surface area contributed by atoms with Crippen LogP contribution in [0.4, 0.5) is 0 Å². The molecule has 1 atom stereocenters. The lowest BCUT2D eigenvalue weighted by atomic mass is 10.0. The smallest absolute Gasteiger partial charge is 0.221 e. The number of carbonyl (C=O) groups is 1. The number of hydrogen-bond acceptors (Lipinski definition) is 4. The first kappa shape index (κ1) is 19.6. The van der Waals surface area contributed by atoms with Crippen LogP contribution in [-0.2, 0) is 17.8 Å². The molecule has 0 radical (unpaired) electrons. The number of hydrogen-bond donors (Lipinski definition) is 1. The summed E-state index contributed by atoms with van der Waals surface area (Å²) in [7, 11) is 0. The van der Waals surface area contributed by atoms with Crippen molar-refractivity contribution in [3.63, 3.8) is 0 Å². The highest BCUT2D eigenvalue weighted by Crippen LogP contribution is 2.33. The minimum atomic E-state index is -0.0185. The minimum absolute atomic E-state index is 0.0185. The van der Waals surface area contributed by atoms with Gasteiger partial charge in [0.25, 0.3) is 0 Å². The van der Waals surface area contributed by atoms with E-state index in [4.69, 9.17) is 4.74 Å². The monoisotopic (exact) mass is 407 g/mol. The van der Waals surface area contributed by atoms with E-state index in [-0.39, 0.29) is 12.0 Å². The lowest BCUT2D eigenvalue weighted by Crippen LogP contribution is -2.34. The van der Waals surface area contributed by atoms with Gasteiger partial charge in [-0.25, -0.2) is 0 Å². The summed E-state index contributed by atoms with van der Waals surface area (Å²) in [5.41, 5.74) is 4.56. The molecule has 3 aromatic rings. The van der Waals surface area contributed by atoms with Crippen molar-refractivity contribution in [1.82, 2.24) is 15.1 Å². The topological polar surface area (TPSA) is 56.2 Å². The molecule has 5 nitrogen and oxygen atoms in total. The number of aromatic nitrogens is 2. The third-order valence-electron chi connectivity index (χ3n) is 5.09. The van der Waals surface area contributed by atoms with Crippen molar-refractivity contribution in [3.8, 4) is 16.9 Å². The molecule has 0 spiro atoms. The van der Waals surface area contributed by atoms with Crippen LogP contribution < -0.4 is 10.1 Å². The van der Waals surface area contributed by atoms with Gasteiger partial charge in [-0.1, -0.05) is 18.2 Å². The third-order valence-corrected chi connectivity index (χ3v) is 5.84.